The summed E-state index contributed by atoms with van der Waals surface area (Å²) < 4.78 is 0. The second-order valence-electron chi connectivity index (χ2n) is 4.07. The van der Waals surface area contributed by atoms with E-state index in [1.807, 2.05) is 0 Å². The number of rotatable bonds is 4. The smallest absolute Gasteiger partial charge is 0.348 e. The van der Waals surface area contributed by atoms with Crippen LogP contribution in [-0.2, 0) is 9.63 Å². The van der Waals surface area contributed by atoms with Gasteiger partial charge in [-0.2, -0.15) is 5.06 Å². The molecule has 0 fully saturated rings. The molecule has 0 saturated heterocycles. The number of carbonyl (C=O) groups excluding carboxylic acids is 1. The van der Waals surface area contributed by atoms with Crippen molar-refractivity contribution in [3.63, 3.8) is 0 Å². The van der Waals surface area contributed by atoms with Crippen LogP contribution in [0.4, 0.5) is 5.69 Å². The number of nitrogens with zero attached hydrogens (tertiary/aromatic N) is 1. The molecule has 0 radical (unpaired) electrons. The topological polar surface area (TPSA) is 66.8 Å². The van der Waals surface area contributed by atoms with E-state index in [4.69, 9.17) is 9.94 Å². The fourth-order valence-electron chi connectivity index (χ4n) is 1.06. The SMILES string of the molecule is CC(C)(C)ON(C=O)c1ccsc1C(=O)O. The average molecular weight is 243 g/mol. The van der Waals surface area contributed by atoms with Gasteiger partial charge in [-0.05, 0) is 32.2 Å². The minimum absolute atomic E-state index is 0.0800. The van der Waals surface area contributed by atoms with Crippen molar-refractivity contribution in [2.45, 2.75) is 26.4 Å². The predicted octanol–water partition coefficient (Wildman–Crippen LogP) is 2.14. The molecule has 88 valence electrons. The molecule has 0 atom stereocenters. The van der Waals surface area contributed by atoms with Crippen molar-refractivity contribution < 1.29 is 19.5 Å². The van der Waals surface area contributed by atoms with Crippen molar-refractivity contribution in [3.8, 4) is 0 Å². The molecular formula is C10H13NO4S. The first kappa shape index (κ1) is 12.7. The molecule has 0 aliphatic rings. The van der Waals surface area contributed by atoms with Crippen LogP contribution in [0.3, 0.4) is 0 Å². The minimum Gasteiger partial charge on any atom is -0.477 e. The number of aromatic carboxylic acids is 1. The summed E-state index contributed by atoms with van der Waals surface area (Å²) in [5.41, 5.74) is -0.319. The summed E-state index contributed by atoms with van der Waals surface area (Å²) in [6.07, 6.45) is 0.458. The van der Waals surface area contributed by atoms with Crippen LogP contribution < -0.4 is 5.06 Å². The summed E-state index contributed by atoms with van der Waals surface area (Å²) in [6.45, 7) is 5.32. The zero-order valence-electron chi connectivity index (χ0n) is 9.26. The highest BCUT2D eigenvalue weighted by atomic mass is 32.1. The van der Waals surface area contributed by atoms with Crippen LogP contribution in [0.25, 0.3) is 0 Å². The Morgan fingerprint density at radius 3 is 2.62 bits per heavy atom. The number of carboxylic acids is 1. The lowest BCUT2D eigenvalue weighted by Gasteiger charge is -2.26. The number of hydrogen-bond acceptors (Lipinski definition) is 4. The highest BCUT2D eigenvalue weighted by Gasteiger charge is 2.22. The monoisotopic (exact) mass is 243 g/mol. The third-order valence-electron chi connectivity index (χ3n) is 1.54. The lowest BCUT2D eigenvalue weighted by atomic mass is 10.2. The van der Waals surface area contributed by atoms with E-state index >= 15 is 0 Å². The van der Waals surface area contributed by atoms with Crippen LogP contribution in [0.15, 0.2) is 11.4 Å². The maximum Gasteiger partial charge on any atom is 0.348 e. The Balaban J connectivity index is 3.00. The quantitative estimate of drug-likeness (QED) is 0.650. The number of thiophene rings is 1. The van der Waals surface area contributed by atoms with Gasteiger partial charge in [-0.1, -0.05) is 0 Å². The highest BCUT2D eigenvalue weighted by Crippen LogP contribution is 2.27. The normalized spacial score (nSPS) is 11.2. The van der Waals surface area contributed by atoms with E-state index in [0.717, 1.165) is 16.4 Å². The van der Waals surface area contributed by atoms with E-state index < -0.39 is 11.6 Å². The van der Waals surface area contributed by atoms with Crippen molar-refractivity contribution in [1.29, 1.82) is 0 Å². The third-order valence-corrected chi connectivity index (χ3v) is 2.44. The van der Waals surface area contributed by atoms with Crippen molar-refractivity contribution in [3.05, 3.63) is 16.3 Å². The van der Waals surface area contributed by atoms with Crippen LogP contribution in [0.2, 0.25) is 0 Å². The molecule has 1 aromatic rings. The van der Waals surface area contributed by atoms with Gasteiger partial charge in [-0.3, -0.25) is 9.63 Å². The second-order valence-corrected chi connectivity index (χ2v) is 4.99. The summed E-state index contributed by atoms with van der Waals surface area (Å²) in [5, 5.41) is 11.5. The first-order valence-electron chi connectivity index (χ1n) is 4.59. The van der Waals surface area contributed by atoms with Gasteiger partial charge in [0.2, 0.25) is 6.41 Å². The van der Waals surface area contributed by atoms with E-state index in [0.29, 0.717) is 6.41 Å². The second kappa shape index (κ2) is 4.63. The van der Waals surface area contributed by atoms with E-state index in [1.165, 1.54) is 6.07 Å². The fourth-order valence-corrected chi connectivity index (χ4v) is 1.77. The molecule has 0 saturated carbocycles. The first-order chi connectivity index (χ1) is 7.35. The molecule has 0 aromatic carbocycles. The molecule has 0 spiro atoms. The molecular weight excluding hydrogens is 230 g/mol. The van der Waals surface area contributed by atoms with Crippen LogP contribution >= 0.6 is 11.3 Å². The third kappa shape index (κ3) is 3.04. The average Bonchev–Trinajstić information content (AvgIpc) is 2.60. The zero-order chi connectivity index (χ0) is 12.3. The molecule has 1 aromatic heterocycles. The summed E-state index contributed by atoms with van der Waals surface area (Å²) in [4.78, 5) is 27.2. The molecule has 5 nitrogen and oxygen atoms in total. The maximum absolute atomic E-state index is 10.9. The van der Waals surface area contributed by atoms with E-state index in [-0.39, 0.29) is 10.6 Å². The lowest BCUT2D eigenvalue weighted by Crippen LogP contribution is -2.33. The maximum atomic E-state index is 10.9. The Morgan fingerprint density at radius 1 is 1.56 bits per heavy atom. The van der Waals surface area contributed by atoms with Crippen LogP contribution in [-0.4, -0.2) is 23.1 Å². The van der Waals surface area contributed by atoms with E-state index in [9.17, 15) is 9.59 Å². The number of amides is 1. The highest BCUT2D eigenvalue weighted by molar-refractivity contribution is 7.12. The van der Waals surface area contributed by atoms with Gasteiger partial charge in [0.25, 0.3) is 0 Å². The first-order valence-corrected chi connectivity index (χ1v) is 5.47. The van der Waals surface area contributed by atoms with Crippen molar-refractivity contribution in [1.82, 2.24) is 0 Å². The molecule has 1 amide bonds. The fraction of sp³-hybridized carbons (Fsp3) is 0.400. The molecule has 1 rings (SSSR count). The molecule has 1 N–H and O–H groups in total. The van der Waals surface area contributed by atoms with E-state index in [2.05, 4.69) is 0 Å². The summed E-state index contributed by atoms with van der Waals surface area (Å²) >= 11 is 1.05. The summed E-state index contributed by atoms with van der Waals surface area (Å²) in [5.74, 6) is -1.07. The van der Waals surface area contributed by atoms with Crippen molar-refractivity contribution in [2.75, 3.05) is 5.06 Å². The number of carbonyl (C=O) groups is 2. The molecule has 1 heterocycles. The number of hydrogen-bond donors (Lipinski definition) is 1. The van der Waals surface area contributed by atoms with Gasteiger partial charge in [0.15, 0.2) is 0 Å². The van der Waals surface area contributed by atoms with Gasteiger partial charge in [0, 0.05) is 0 Å². The predicted molar refractivity (Wildman–Crippen MR) is 60.7 cm³/mol. The summed E-state index contributed by atoms with van der Waals surface area (Å²) in [7, 11) is 0. The Kier molecular flexibility index (Phi) is 3.66. The van der Waals surface area contributed by atoms with Gasteiger partial charge < -0.3 is 5.11 Å². The molecule has 0 aliphatic carbocycles. The standard InChI is InChI=1S/C10H13NO4S/c1-10(2,3)15-11(6-12)7-4-5-16-8(7)9(13)14/h4-6H,1-3H3,(H,13,14). The molecule has 0 unspecified atom stereocenters. The summed E-state index contributed by atoms with van der Waals surface area (Å²) in [6, 6.07) is 1.54. The Morgan fingerprint density at radius 2 is 2.19 bits per heavy atom. The molecule has 16 heavy (non-hydrogen) atoms. The lowest BCUT2D eigenvalue weighted by molar-refractivity contribution is -0.120. The Hall–Kier alpha value is -1.40. The van der Waals surface area contributed by atoms with Gasteiger partial charge in [-0.25, -0.2) is 4.79 Å². The Bertz CT molecular complexity index is 394. The zero-order valence-corrected chi connectivity index (χ0v) is 10.1. The number of hydroxylamine groups is 1. The van der Waals surface area contributed by atoms with Gasteiger partial charge >= 0.3 is 5.97 Å². The Labute approximate surface area is 97.2 Å². The minimum atomic E-state index is -1.07. The molecule has 6 heteroatoms. The molecule has 0 bridgehead atoms. The largest absolute Gasteiger partial charge is 0.477 e. The molecule has 0 aliphatic heterocycles. The van der Waals surface area contributed by atoms with Crippen molar-refractivity contribution >= 4 is 29.4 Å². The van der Waals surface area contributed by atoms with Gasteiger partial charge in [-0.15, -0.1) is 11.3 Å². The van der Waals surface area contributed by atoms with Crippen LogP contribution in [0.1, 0.15) is 30.4 Å². The van der Waals surface area contributed by atoms with Crippen LogP contribution in [0, 0.1) is 0 Å². The van der Waals surface area contributed by atoms with E-state index in [1.54, 1.807) is 26.2 Å². The van der Waals surface area contributed by atoms with Crippen LogP contribution in [0.5, 0.6) is 0 Å². The van der Waals surface area contributed by atoms with Gasteiger partial charge in [0.05, 0.1) is 11.3 Å². The van der Waals surface area contributed by atoms with Gasteiger partial charge in [0.1, 0.15) is 4.88 Å². The van der Waals surface area contributed by atoms with Crippen molar-refractivity contribution in [2.24, 2.45) is 0 Å². The number of anilines is 1. The number of carboxylic acid groups (broad SMARTS) is 1.